The zero-order valence-electron chi connectivity index (χ0n) is 66.2. The number of aromatic nitrogens is 3. The molecule has 117 heavy (non-hydrogen) atoms. The Morgan fingerprint density at radius 3 is 1.56 bits per heavy atom. The number of carbonyl (C=O) groups excluding carboxylic acids is 13. The molecule has 3 aromatic carbocycles. The topological polar surface area (TPSA) is 576 Å². The first kappa shape index (κ1) is 94.0. The van der Waals surface area contributed by atoms with Gasteiger partial charge in [0.05, 0.1) is 45.6 Å². The summed E-state index contributed by atoms with van der Waals surface area (Å²) >= 11 is 1.45. The van der Waals surface area contributed by atoms with Crippen LogP contribution < -0.4 is 70.0 Å². The third-order valence-electron chi connectivity index (χ3n) is 18.9. The van der Waals surface area contributed by atoms with Gasteiger partial charge in [-0.2, -0.15) is 11.8 Å². The first-order valence-electron chi connectivity index (χ1n) is 38.2. The van der Waals surface area contributed by atoms with Gasteiger partial charge in [0, 0.05) is 118 Å². The van der Waals surface area contributed by atoms with Crippen LogP contribution in [0.3, 0.4) is 0 Å². The number of hydrogen-bond donors (Lipinski definition) is 18. The third-order valence-corrected chi connectivity index (χ3v) is 19.5. The van der Waals surface area contributed by atoms with Crippen molar-refractivity contribution >= 4 is 123 Å². The van der Waals surface area contributed by atoms with Crippen molar-refractivity contribution in [1.82, 2.24) is 87.7 Å². The first-order valence-corrected chi connectivity index (χ1v) is 39.6. The quantitative estimate of drug-likeness (QED) is 0.0184. The second-order valence-electron chi connectivity index (χ2n) is 29.1. The number of carboxylic acids is 3. The molecule has 5 aromatic rings. The number of carbonyl (C=O) groups is 16. The number of benzene rings is 3. The minimum Gasteiger partial charge on any atom is -0.480 e. The maximum Gasteiger partial charge on any atom is 0.317 e. The Labute approximate surface area is 679 Å². The van der Waals surface area contributed by atoms with Crippen LogP contribution in [0.4, 0.5) is 5.69 Å². The van der Waals surface area contributed by atoms with Crippen LogP contribution in [0.25, 0.3) is 10.9 Å². The van der Waals surface area contributed by atoms with Crippen molar-refractivity contribution in [1.29, 1.82) is 0 Å². The number of thioether (sulfide) groups is 1. The molecule has 0 spiro atoms. The number of rotatable bonds is 45. The number of imidazole rings is 1. The van der Waals surface area contributed by atoms with Gasteiger partial charge in [0.2, 0.25) is 70.9 Å². The molecule has 0 aliphatic carbocycles. The zero-order valence-corrected chi connectivity index (χ0v) is 67.1. The Morgan fingerprint density at radius 1 is 0.496 bits per heavy atom. The van der Waals surface area contributed by atoms with Crippen LogP contribution in [0, 0.1) is 11.8 Å². The molecule has 0 saturated carbocycles. The molecule has 20 N–H and O–H groups in total. The number of anilines is 1. The normalized spacial score (nSPS) is 15.3. The fourth-order valence-corrected chi connectivity index (χ4v) is 13.0. The summed E-state index contributed by atoms with van der Waals surface area (Å²) in [4.78, 5) is 230. The summed E-state index contributed by atoms with van der Waals surface area (Å²) in [6.07, 6.45) is 5.28. The van der Waals surface area contributed by atoms with Crippen LogP contribution in [0.1, 0.15) is 87.5 Å². The largest absolute Gasteiger partial charge is 0.480 e. The van der Waals surface area contributed by atoms with Gasteiger partial charge in [0.15, 0.2) is 0 Å². The van der Waals surface area contributed by atoms with Crippen molar-refractivity contribution in [2.75, 3.05) is 109 Å². The van der Waals surface area contributed by atoms with Crippen molar-refractivity contribution in [3.63, 3.8) is 0 Å². The summed E-state index contributed by atoms with van der Waals surface area (Å²) < 4.78 is 0. The molecule has 0 radical (unpaired) electrons. The predicted octanol–water partition coefficient (Wildman–Crippen LogP) is -3.02. The molecule has 6 rings (SSSR count). The van der Waals surface area contributed by atoms with Gasteiger partial charge in [-0.25, -0.2) is 4.98 Å². The summed E-state index contributed by atoms with van der Waals surface area (Å²) in [5.41, 5.74) is 13.6. The number of nitrogens with zero attached hydrogens (tertiary/aromatic N) is 5. The van der Waals surface area contributed by atoms with E-state index < -0.39 is 175 Å². The van der Waals surface area contributed by atoms with E-state index in [4.69, 9.17) is 11.5 Å². The summed E-state index contributed by atoms with van der Waals surface area (Å²) in [6.45, 7) is 6.97. The summed E-state index contributed by atoms with van der Waals surface area (Å²) in [6, 6.07) is 10.3. The van der Waals surface area contributed by atoms with Gasteiger partial charge in [-0.1, -0.05) is 76.2 Å². The molecule has 0 unspecified atom stereocenters. The van der Waals surface area contributed by atoms with Gasteiger partial charge in [-0.05, 0) is 91.5 Å². The fourth-order valence-electron chi connectivity index (χ4n) is 12.6. The highest BCUT2D eigenvalue weighted by Gasteiger charge is 2.36. The van der Waals surface area contributed by atoms with E-state index in [1.54, 1.807) is 94.2 Å². The Kier molecular flexibility index (Phi) is 38.4. The van der Waals surface area contributed by atoms with Gasteiger partial charge in [-0.3, -0.25) is 96.3 Å². The maximum absolute atomic E-state index is 14.8. The molecule has 8 atom stereocenters. The molecule has 636 valence electrons. The second kappa shape index (κ2) is 47.8. The maximum atomic E-state index is 14.8. The molecule has 1 aliphatic rings. The minimum atomic E-state index is -1.60. The fraction of sp³-hybridized carbons (Fsp3) is 0.494. The number of para-hydroxylation sites is 1. The molecule has 40 heteroatoms. The molecule has 1 aliphatic heterocycles. The van der Waals surface area contributed by atoms with Crippen molar-refractivity contribution < 1.29 is 92.0 Å². The van der Waals surface area contributed by atoms with Crippen LogP contribution in [-0.2, 0) is 91.2 Å². The SMILES string of the molecule is CSCC[C@@H](NC(=O)[C@@H](CC(C)C)NC(=O)[C@@H](Cc1cnc[nH]1)NC(=O)CNC(=O)[C@H](NC(=O)[C@@H](C)NC(=O)[C@@H](Cc1c[nH]c2ccccc12)NC(=O)[C@@H](CCC(N)=O)NC(=O)[C@@H](Cc1ccccc1)NC(=O)c1ccc(NC(=O)CNC(=O)CN2CCN(CC(=O)O)CCN(CC(=O)O)CCN(CC(=O)O)CC2)cc1)C(C)C)C(N)=O. The van der Waals surface area contributed by atoms with Gasteiger partial charge in [-0.15, -0.1) is 0 Å². The number of aliphatic carboxylic acids is 3. The summed E-state index contributed by atoms with van der Waals surface area (Å²) in [5.74, 6) is -14.0. The van der Waals surface area contributed by atoms with E-state index in [0.29, 0.717) is 33.5 Å². The van der Waals surface area contributed by atoms with E-state index in [2.05, 4.69) is 73.4 Å². The Bertz CT molecular complexity index is 4200. The third kappa shape index (κ3) is 33.5. The Balaban J connectivity index is 1.11. The molecular weight excluding hydrogens is 1540 g/mol. The van der Waals surface area contributed by atoms with Crippen molar-refractivity contribution in [3.05, 3.63) is 120 Å². The molecule has 2 aromatic heterocycles. The Hall–Kier alpha value is -11.9. The summed E-state index contributed by atoms with van der Waals surface area (Å²) in [7, 11) is 0. The minimum absolute atomic E-state index is 0.00810. The van der Waals surface area contributed by atoms with E-state index in [-0.39, 0.29) is 128 Å². The lowest BCUT2D eigenvalue weighted by Gasteiger charge is -2.32. The summed E-state index contributed by atoms with van der Waals surface area (Å²) in [5, 5.41) is 58.2. The number of fused-ring (bicyclic) bond motifs is 1. The highest BCUT2D eigenvalue weighted by molar-refractivity contribution is 7.98. The Morgan fingerprint density at radius 2 is 1.01 bits per heavy atom. The number of carboxylic acid groups (broad SMARTS) is 3. The van der Waals surface area contributed by atoms with E-state index in [9.17, 15) is 92.0 Å². The number of nitrogens with one attached hydrogen (secondary N) is 13. The molecule has 3 heterocycles. The lowest BCUT2D eigenvalue weighted by atomic mass is 10.0. The van der Waals surface area contributed by atoms with Crippen LogP contribution in [0.15, 0.2) is 97.6 Å². The van der Waals surface area contributed by atoms with E-state index in [1.807, 2.05) is 20.1 Å². The van der Waals surface area contributed by atoms with E-state index >= 15 is 0 Å². The van der Waals surface area contributed by atoms with Gasteiger partial charge < -0.3 is 95.2 Å². The smallest absolute Gasteiger partial charge is 0.317 e. The molecule has 13 amide bonds. The lowest BCUT2D eigenvalue weighted by Crippen LogP contribution is -2.60. The van der Waals surface area contributed by atoms with Gasteiger partial charge in [0.25, 0.3) is 5.91 Å². The lowest BCUT2D eigenvalue weighted by molar-refractivity contribution is -0.140. The standard InChI is InChI=1S/C77H108N20O19S/c1-45(2)32-57(74(113)88-55(69(79)108)22-31-117-6)91-76(115)60(35-52-37-80-44-84-52)87-63(100)39-83-77(116)68(46(3)4)93-70(109)47(5)85-73(112)59(34-50-36-81-54-15-11-10-14-53(50)54)92-72(111)56(20-21-61(78)98)89-75(114)58(33-48-12-8-7-9-13-48)90-71(110)49-16-18-51(19-17-49)86-62(99)38-82-64(101)40-94-23-25-95(41-65(102)103)27-29-97(43-67(106)107)30-28-96(26-24-94)42-66(104)105/h7-19,36-37,44-47,55-60,68,81H,20-35,38-43H2,1-6H3,(H2,78,98)(H2,79,108)(H,80,84)(H,82,101)(H,83,116)(H,85,112)(H,86,99)(H,87,100)(H,88,113)(H,89,114)(H,90,110)(H,91,115)(H,92,111)(H,93,109)(H,102,103)(H,104,105)(H,106,107)/t47-,55-,56-,57-,58-,59-,60-,68-/m1/s1. The van der Waals surface area contributed by atoms with Crippen LogP contribution in [-0.4, -0.2) is 297 Å². The number of primary amides is 2. The van der Waals surface area contributed by atoms with Crippen molar-refractivity contribution in [2.45, 2.75) is 128 Å². The molecule has 39 nitrogen and oxygen atoms in total. The van der Waals surface area contributed by atoms with E-state index in [1.165, 1.54) is 55.5 Å². The molecule has 0 bridgehead atoms. The van der Waals surface area contributed by atoms with Crippen LogP contribution in [0.5, 0.6) is 0 Å². The average molecular weight is 1650 g/mol. The molecule has 1 saturated heterocycles. The monoisotopic (exact) mass is 1650 g/mol. The zero-order chi connectivity index (χ0) is 85.8. The van der Waals surface area contributed by atoms with E-state index in [0.717, 1.165) is 0 Å². The second-order valence-corrected chi connectivity index (χ2v) is 30.1. The number of H-pyrrole nitrogens is 2. The van der Waals surface area contributed by atoms with Crippen LogP contribution >= 0.6 is 11.8 Å². The highest BCUT2D eigenvalue weighted by atomic mass is 32.2. The number of amides is 13. The molecular formula is C77H108N20O19S. The number of nitrogens with two attached hydrogens (primary N) is 2. The highest BCUT2D eigenvalue weighted by Crippen LogP contribution is 2.21. The predicted molar refractivity (Wildman–Crippen MR) is 430 cm³/mol. The average Bonchev–Trinajstić information content (AvgIpc) is 1.66. The van der Waals surface area contributed by atoms with Crippen molar-refractivity contribution in [2.24, 2.45) is 23.3 Å². The van der Waals surface area contributed by atoms with Crippen LogP contribution in [0.2, 0.25) is 0 Å². The van der Waals surface area contributed by atoms with Gasteiger partial charge in [0.1, 0.15) is 48.3 Å². The molecule has 1 fully saturated rings. The van der Waals surface area contributed by atoms with Gasteiger partial charge >= 0.3 is 17.9 Å². The van der Waals surface area contributed by atoms with Crippen molar-refractivity contribution in [3.8, 4) is 0 Å². The number of hydrogen-bond acceptors (Lipinski definition) is 22. The first-order chi connectivity index (χ1) is 55.6. The number of aromatic amines is 2.